The average molecular weight is 301 g/mol. The van der Waals surface area contributed by atoms with E-state index in [1.165, 1.54) is 0 Å². The second kappa shape index (κ2) is 5.28. The van der Waals surface area contributed by atoms with Crippen LogP contribution in [0.3, 0.4) is 0 Å². The first-order valence-electron chi connectivity index (χ1n) is 6.14. The molecule has 0 unspecified atom stereocenters. The molecule has 3 heteroatoms. The van der Waals surface area contributed by atoms with Crippen molar-refractivity contribution in [3.8, 4) is 0 Å². The lowest BCUT2D eigenvalue weighted by Crippen LogP contribution is -2.03. The van der Waals surface area contributed by atoms with Crippen molar-refractivity contribution in [1.82, 2.24) is 0 Å². The largest absolute Gasteiger partial charge is 0.289 e. The van der Waals surface area contributed by atoms with Crippen molar-refractivity contribution in [3.63, 3.8) is 0 Å². The van der Waals surface area contributed by atoms with E-state index in [-0.39, 0.29) is 5.78 Å². The summed E-state index contributed by atoms with van der Waals surface area (Å²) < 4.78 is 0. The molecule has 0 aliphatic rings. The van der Waals surface area contributed by atoms with Gasteiger partial charge in [-0.25, -0.2) is 0 Å². The van der Waals surface area contributed by atoms with E-state index in [4.69, 9.17) is 23.2 Å². The quantitative estimate of drug-likeness (QED) is 0.581. The zero-order valence-corrected chi connectivity index (χ0v) is 11.9. The van der Waals surface area contributed by atoms with Crippen LogP contribution in [0, 0.1) is 0 Å². The maximum absolute atomic E-state index is 12.7. The minimum atomic E-state index is -0.116. The van der Waals surface area contributed by atoms with Crippen molar-refractivity contribution in [1.29, 1.82) is 0 Å². The normalized spacial score (nSPS) is 10.7. The Bertz CT molecular complexity index is 804. The molecule has 0 spiro atoms. The van der Waals surface area contributed by atoms with Crippen LogP contribution in [0.4, 0.5) is 0 Å². The number of benzene rings is 3. The van der Waals surface area contributed by atoms with E-state index >= 15 is 0 Å². The summed E-state index contributed by atoms with van der Waals surface area (Å²) in [5.41, 5.74) is 1.06. The van der Waals surface area contributed by atoms with Gasteiger partial charge in [0.1, 0.15) is 0 Å². The maximum atomic E-state index is 12.7. The van der Waals surface area contributed by atoms with Gasteiger partial charge >= 0.3 is 0 Å². The molecule has 20 heavy (non-hydrogen) atoms. The smallest absolute Gasteiger partial charge is 0.195 e. The predicted molar refractivity (Wildman–Crippen MR) is 83.8 cm³/mol. The lowest BCUT2D eigenvalue weighted by Gasteiger charge is -2.07. The molecule has 1 nitrogen and oxygen atoms in total. The SMILES string of the molecule is O=C(c1cc(Cl)ccc1Cl)c1cccc2ccccc12. The van der Waals surface area contributed by atoms with E-state index in [2.05, 4.69) is 0 Å². The van der Waals surface area contributed by atoms with E-state index < -0.39 is 0 Å². The first kappa shape index (κ1) is 13.2. The highest BCUT2D eigenvalue weighted by molar-refractivity contribution is 6.37. The van der Waals surface area contributed by atoms with Crippen LogP contribution in [-0.4, -0.2) is 5.78 Å². The molecule has 3 aromatic carbocycles. The molecule has 3 rings (SSSR count). The first-order chi connectivity index (χ1) is 9.66. The summed E-state index contributed by atoms with van der Waals surface area (Å²) in [6.07, 6.45) is 0. The van der Waals surface area contributed by atoms with Crippen LogP contribution in [0.5, 0.6) is 0 Å². The topological polar surface area (TPSA) is 17.1 Å². The van der Waals surface area contributed by atoms with Crippen LogP contribution in [0.2, 0.25) is 10.0 Å². The monoisotopic (exact) mass is 300 g/mol. The van der Waals surface area contributed by atoms with Crippen LogP contribution in [-0.2, 0) is 0 Å². The summed E-state index contributed by atoms with van der Waals surface area (Å²) in [6.45, 7) is 0. The molecule has 0 fully saturated rings. The highest BCUT2D eigenvalue weighted by atomic mass is 35.5. The molecular weight excluding hydrogens is 291 g/mol. The van der Waals surface area contributed by atoms with E-state index in [9.17, 15) is 4.79 Å². The number of carbonyl (C=O) groups is 1. The van der Waals surface area contributed by atoms with Gasteiger partial charge in [-0.2, -0.15) is 0 Å². The minimum absolute atomic E-state index is 0.116. The molecule has 3 aromatic rings. The lowest BCUT2D eigenvalue weighted by molar-refractivity contribution is 0.104. The zero-order valence-electron chi connectivity index (χ0n) is 10.4. The van der Waals surface area contributed by atoms with Gasteiger partial charge in [0.2, 0.25) is 0 Å². The van der Waals surface area contributed by atoms with Crippen molar-refractivity contribution >= 4 is 39.8 Å². The molecular formula is C17H10Cl2O. The molecule has 0 aromatic heterocycles. The van der Waals surface area contributed by atoms with E-state index in [0.717, 1.165) is 10.8 Å². The number of hydrogen-bond donors (Lipinski definition) is 0. The zero-order chi connectivity index (χ0) is 14.1. The summed E-state index contributed by atoms with van der Waals surface area (Å²) in [4.78, 5) is 12.7. The van der Waals surface area contributed by atoms with Crippen LogP contribution in [0.25, 0.3) is 10.8 Å². The van der Waals surface area contributed by atoms with Gasteiger partial charge in [-0.15, -0.1) is 0 Å². The van der Waals surface area contributed by atoms with Gasteiger partial charge in [0.15, 0.2) is 5.78 Å². The highest BCUT2D eigenvalue weighted by Crippen LogP contribution is 2.26. The van der Waals surface area contributed by atoms with E-state index in [1.807, 2.05) is 42.5 Å². The third-order valence-electron chi connectivity index (χ3n) is 3.21. The predicted octanol–water partition coefficient (Wildman–Crippen LogP) is 5.38. The third kappa shape index (κ3) is 2.31. The molecule has 0 aliphatic carbocycles. The van der Waals surface area contributed by atoms with Crippen molar-refractivity contribution in [2.75, 3.05) is 0 Å². The average Bonchev–Trinajstić information content (AvgIpc) is 2.48. The van der Waals surface area contributed by atoms with Gasteiger partial charge in [0, 0.05) is 16.1 Å². The second-order valence-corrected chi connectivity index (χ2v) is 5.32. The molecule has 0 saturated carbocycles. The Labute approximate surface area is 126 Å². The molecule has 0 amide bonds. The van der Waals surface area contributed by atoms with Gasteiger partial charge in [-0.1, -0.05) is 65.7 Å². The van der Waals surface area contributed by atoms with Gasteiger partial charge in [-0.3, -0.25) is 4.79 Å². The Morgan fingerprint density at radius 1 is 0.800 bits per heavy atom. The molecule has 0 bridgehead atoms. The van der Waals surface area contributed by atoms with Crippen molar-refractivity contribution < 1.29 is 4.79 Å². The van der Waals surface area contributed by atoms with Gasteiger partial charge in [0.25, 0.3) is 0 Å². The van der Waals surface area contributed by atoms with Crippen molar-refractivity contribution in [2.45, 2.75) is 0 Å². The molecule has 0 N–H and O–H groups in total. The number of ketones is 1. The fourth-order valence-corrected chi connectivity index (χ4v) is 2.62. The minimum Gasteiger partial charge on any atom is -0.289 e. The summed E-state index contributed by atoms with van der Waals surface area (Å²) in [5, 5.41) is 2.85. The number of hydrogen-bond acceptors (Lipinski definition) is 1. The second-order valence-electron chi connectivity index (χ2n) is 4.48. The first-order valence-corrected chi connectivity index (χ1v) is 6.90. The molecule has 0 radical (unpaired) electrons. The standard InChI is InChI=1S/C17H10Cl2O/c18-12-8-9-16(19)15(10-12)17(20)14-7-3-5-11-4-1-2-6-13(11)14/h1-10H. The number of carbonyl (C=O) groups excluding carboxylic acids is 1. The summed E-state index contributed by atoms with van der Waals surface area (Å²) in [6, 6.07) is 18.3. The fraction of sp³-hybridized carbons (Fsp3) is 0. The molecule has 0 aliphatic heterocycles. The summed E-state index contributed by atoms with van der Waals surface area (Å²) in [7, 11) is 0. The fourth-order valence-electron chi connectivity index (χ4n) is 2.24. The Hall–Kier alpha value is -1.83. The number of rotatable bonds is 2. The van der Waals surface area contributed by atoms with Crippen molar-refractivity contribution in [2.24, 2.45) is 0 Å². The number of fused-ring (bicyclic) bond motifs is 1. The molecule has 0 heterocycles. The van der Waals surface area contributed by atoms with Crippen molar-refractivity contribution in [3.05, 3.63) is 81.8 Å². The summed E-state index contributed by atoms with van der Waals surface area (Å²) in [5.74, 6) is -0.116. The maximum Gasteiger partial charge on any atom is 0.195 e. The Balaban J connectivity index is 2.20. The van der Waals surface area contributed by atoms with E-state index in [0.29, 0.717) is 21.2 Å². The summed E-state index contributed by atoms with van der Waals surface area (Å²) >= 11 is 12.1. The molecule has 98 valence electrons. The van der Waals surface area contributed by atoms with Gasteiger partial charge in [0.05, 0.1) is 5.02 Å². The lowest BCUT2D eigenvalue weighted by atomic mass is 9.97. The highest BCUT2D eigenvalue weighted by Gasteiger charge is 2.15. The number of halogens is 2. The van der Waals surface area contributed by atoms with Crippen LogP contribution >= 0.6 is 23.2 Å². The van der Waals surface area contributed by atoms with E-state index in [1.54, 1.807) is 18.2 Å². The van der Waals surface area contributed by atoms with Crippen LogP contribution in [0.15, 0.2) is 60.7 Å². The Kier molecular flexibility index (Phi) is 3.47. The Morgan fingerprint density at radius 3 is 2.40 bits per heavy atom. The van der Waals surface area contributed by atoms with Crippen LogP contribution in [0.1, 0.15) is 15.9 Å². The molecule has 0 atom stereocenters. The van der Waals surface area contributed by atoms with Crippen LogP contribution < -0.4 is 0 Å². The van der Waals surface area contributed by atoms with Gasteiger partial charge in [-0.05, 0) is 29.0 Å². The molecule has 0 saturated heterocycles. The Morgan fingerprint density at radius 2 is 1.55 bits per heavy atom. The third-order valence-corrected chi connectivity index (χ3v) is 3.77. The van der Waals surface area contributed by atoms with Gasteiger partial charge < -0.3 is 0 Å².